The molecule has 3 aromatic rings. The number of nitrogens with zero attached hydrogens (tertiary/aromatic N) is 2. The van der Waals surface area contributed by atoms with Crippen LogP contribution in [0.4, 0.5) is 0 Å². The second kappa shape index (κ2) is 14.7. The summed E-state index contributed by atoms with van der Waals surface area (Å²) >= 11 is 0. The van der Waals surface area contributed by atoms with Crippen LogP contribution in [-0.4, -0.2) is 76.6 Å². The molecule has 1 saturated heterocycles. The monoisotopic (exact) mass is 626 g/mol. The number of oxime groups is 1. The summed E-state index contributed by atoms with van der Waals surface area (Å²) in [6.07, 6.45) is 2.70. The van der Waals surface area contributed by atoms with E-state index in [-0.39, 0.29) is 37.0 Å². The van der Waals surface area contributed by atoms with Crippen molar-refractivity contribution in [1.82, 2.24) is 15.5 Å². The first-order valence-electron chi connectivity index (χ1n) is 16.0. The fraction of sp³-hybridized carbons (Fsp3) is 0.417. The molecule has 46 heavy (non-hydrogen) atoms. The van der Waals surface area contributed by atoms with E-state index in [1.54, 1.807) is 6.07 Å². The smallest absolute Gasteiger partial charge is 0.305 e. The molecule has 1 fully saturated rings. The summed E-state index contributed by atoms with van der Waals surface area (Å²) in [5, 5.41) is 21.6. The van der Waals surface area contributed by atoms with Crippen molar-refractivity contribution in [2.75, 3.05) is 19.6 Å². The van der Waals surface area contributed by atoms with E-state index in [4.69, 9.17) is 4.84 Å². The fourth-order valence-corrected chi connectivity index (χ4v) is 6.33. The number of benzene rings is 3. The minimum absolute atomic E-state index is 0.0481. The summed E-state index contributed by atoms with van der Waals surface area (Å²) in [6, 6.07) is 20.8. The number of piperidine rings is 1. The van der Waals surface area contributed by atoms with Crippen LogP contribution in [0.1, 0.15) is 61.9 Å². The van der Waals surface area contributed by atoms with Gasteiger partial charge in [-0.1, -0.05) is 92.2 Å². The van der Waals surface area contributed by atoms with E-state index in [0.29, 0.717) is 11.3 Å². The summed E-state index contributed by atoms with van der Waals surface area (Å²) < 4.78 is 0. The normalized spacial score (nSPS) is 19.6. The van der Waals surface area contributed by atoms with E-state index in [1.807, 2.05) is 85.5 Å². The average Bonchev–Trinajstić information content (AvgIpc) is 3.48. The van der Waals surface area contributed by atoms with E-state index in [0.717, 1.165) is 48.7 Å². The van der Waals surface area contributed by atoms with Gasteiger partial charge in [0, 0.05) is 18.4 Å². The molecule has 0 spiro atoms. The van der Waals surface area contributed by atoms with Gasteiger partial charge < -0.3 is 20.6 Å². The van der Waals surface area contributed by atoms with Gasteiger partial charge in [-0.15, -0.1) is 0 Å². The number of amides is 2. The molecule has 242 valence electrons. The van der Waals surface area contributed by atoms with Gasteiger partial charge in [-0.25, -0.2) is 0 Å². The first-order chi connectivity index (χ1) is 22.1. The lowest BCUT2D eigenvalue weighted by molar-refractivity contribution is -0.147. The molecule has 2 amide bonds. The van der Waals surface area contributed by atoms with Gasteiger partial charge in [0.15, 0.2) is 5.78 Å². The maximum Gasteiger partial charge on any atom is 0.305 e. The van der Waals surface area contributed by atoms with Crippen molar-refractivity contribution >= 4 is 40.1 Å². The predicted molar refractivity (Wildman–Crippen MR) is 176 cm³/mol. The lowest BCUT2D eigenvalue weighted by Crippen LogP contribution is -2.56. The molecule has 3 atom stereocenters. The number of nitrogens with one attached hydrogen (secondary N) is 2. The van der Waals surface area contributed by atoms with E-state index in [2.05, 4.69) is 15.8 Å². The van der Waals surface area contributed by atoms with E-state index in [1.165, 1.54) is 0 Å². The largest absolute Gasteiger partial charge is 0.481 e. The summed E-state index contributed by atoms with van der Waals surface area (Å²) in [4.78, 5) is 60.9. The highest BCUT2D eigenvalue weighted by Gasteiger charge is 2.49. The number of hydrogen-bond acceptors (Lipinski definition) is 7. The van der Waals surface area contributed by atoms with Gasteiger partial charge in [-0.2, -0.15) is 0 Å². The first-order valence-corrected chi connectivity index (χ1v) is 16.0. The number of likely N-dealkylation sites (tertiary alicyclic amines) is 1. The zero-order chi connectivity index (χ0) is 32.7. The Morgan fingerprint density at radius 3 is 2.33 bits per heavy atom. The van der Waals surface area contributed by atoms with Crippen molar-refractivity contribution in [3.05, 3.63) is 83.9 Å². The molecule has 2 heterocycles. The summed E-state index contributed by atoms with van der Waals surface area (Å²) in [5.74, 6) is -2.52. The van der Waals surface area contributed by atoms with Gasteiger partial charge in [0.05, 0.1) is 30.8 Å². The molecule has 10 nitrogen and oxygen atoms in total. The number of Topliss-reactive ketones (excluding diaryl/α,β-unsaturated/α-hetero) is 1. The molecule has 3 N–H and O–H groups in total. The fourth-order valence-electron chi connectivity index (χ4n) is 6.33. The van der Waals surface area contributed by atoms with Crippen molar-refractivity contribution in [2.45, 2.75) is 70.1 Å². The van der Waals surface area contributed by atoms with Crippen LogP contribution in [0.2, 0.25) is 0 Å². The lowest BCUT2D eigenvalue weighted by Gasteiger charge is -2.30. The molecule has 2 aliphatic heterocycles. The van der Waals surface area contributed by atoms with Crippen LogP contribution in [0.3, 0.4) is 0 Å². The summed E-state index contributed by atoms with van der Waals surface area (Å²) in [6.45, 7) is 5.51. The number of carboxylic acids is 1. The number of ketones is 1. The Bertz CT molecular complexity index is 1600. The van der Waals surface area contributed by atoms with Crippen LogP contribution in [0.25, 0.3) is 10.8 Å². The number of hydrogen-bond donors (Lipinski definition) is 3. The van der Waals surface area contributed by atoms with E-state index < -0.39 is 36.0 Å². The Kier molecular flexibility index (Phi) is 10.5. The van der Waals surface area contributed by atoms with Crippen molar-refractivity contribution < 1.29 is 29.1 Å². The Labute approximate surface area is 269 Å². The Balaban J connectivity index is 1.38. The number of rotatable bonds is 13. The van der Waals surface area contributed by atoms with E-state index >= 15 is 0 Å². The molecule has 2 aliphatic rings. The van der Waals surface area contributed by atoms with Crippen LogP contribution in [0, 0.1) is 5.92 Å². The van der Waals surface area contributed by atoms with Crippen LogP contribution in [0.5, 0.6) is 0 Å². The van der Waals surface area contributed by atoms with Gasteiger partial charge in [0.25, 0.3) is 11.8 Å². The van der Waals surface area contributed by atoms with Gasteiger partial charge in [-0.05, 0) is 54.3 Å². The van der Waals surface area contributed by atoms with Gasteiger partial charge in [0.1, 0.15) is 0 Å². The van der Waals surface area contributed by atoms with Gasteiger partial charge in [-0.3, -0.25) is 24.1 Å². The Morgan fingerprint density at radius 2 is 1.61 bits per heavy atom. The second-order valence-electron chi connectivity index (χ2n) is 12.7. The van der Waals surface area contributed by atoms with Crippen LogP contribution in [-0.2, 0) is 25.6 Å². The Morgan fingerprint density at radius 1 is 0.913 bits per heavy atom. The zero-order valence-corrected chi connectivity index (χ0v) is 26.4. The standard InChI is InChI=1S/C36H42N4O6/c1-24(2)33(38-34(44)28-17-11-15-26-14-7-8-16-27(26)28)30-22-36(46-39-30,21-25-12-5-3-6-13-25)35(45)37-29(20-32(42)43)31(41)23-40-18-9-4-10-19-40/h3,5-8,11-17,24,29,33H,4,9-10,18-23H2,1-2H3,(H,37,45)(H,38,44)(H,42,43)/t29-,33?,36?/m0/s1. The minimum Gasteiger partial charge on any atom is -0.481 e. The number of aliphatic carboxylic acids is 1. The van der Waals surface area contributed by atoms with E-state index in [9.17, 15) is 24.3 Å². The molecule has 0 aliphatic carbocycles. The highest BCUT2D eigenvalue weighted by molar-refractivity contribution is 6.09. The van der Waals surface area contributed by atoms with Gasteiger partial charge in [0.2, 0.25) is 5.60 Å². The number of fused-ring (bicyclic) bond motifs is 1. The third kappa shape index (κ3) is 7.80. The van der Waals surface area contributed by atoms with Crippen molar-refractivity contribution in [1.29, 1.82) is 0 Å². The SMILES string of the molecule is CC(C)C(NC(=O)c1cccc2ccccc12)C1=NOC(Cc2ccccc2)(C(=O)N[C@@H](CC(=O)O)C(=O)CN2CCCCC2)C1. The number of carboxylic acid groups (broad SMARTS) is 1. The third-order valence-electron chi connectivity index (χ3n) is 8.80. The van der Waals surface area contributed by atoms with Crippen LogP contribution >= 0.6 is 0 Å². The zero-order valence-electron chi connectivity index (χ0n) is 26.4. The maximum absolute atomic E-state index is 14.1. The third-order valence-corrected chi connectivity index (χ3v) is 8.80. The molecular weight excluding hydrogens is 584 g/mol. The first kappa shape index (κ1) is 32.8. The molecule has 5 rings (SSSR count). The molecule has 3 aromatic carbocycles. The molecule has 0 bridgehead atoms. The lowest BCUT2D eigenvalue weighted by atomic mass is 9.84. The Hall–Kier alpha value is -4.57. The van der Waals surface area contributed by atoms with Crippen LogP contribution < -0.4 is 10.6 Å². The predicted octanol–water partition coefficient (Wildman–Crippen LogP) is 4.37. The number of carbonyl (C=O) groups is 4. The van der Waals surface area contributed by atoms with Crippen molar-refractivity contribution in [3.8, 4) is 0 Å². The number of carbonyl (C=O) groups excluding carboxylic acids is 3. The molecule has 2 unspecified atom stereocenters. The molecule has 0 aromatic heterocycles. The molecule has 0 saturated carbocycles. The van der Waals surface area contributed by atoms with Crippen molar-refractivity contribution in [3.63, 3.8) is 0 Å². The van der Waals surface area contributed by atoms with Gasteiger partial charge >= 0.3 is 5.97 Å². The van der Waals surface area contributed by atoms with Crippen molar-refractivity contribution in [2.24, 2.45) is 11.1 Å². The molecule has 10 heteroatoms. The second-order valence-corrected chi connectivity index (χ2v) is 12.7. The molecule has 0 radical (unpaired) electrons. The van der Waals surface area contributed by atoms with Crippen LogP contribution in [0.15, 0.2) is 78.0 Å². The minimum atomic E-state index is -1.55. The molecular formula is C36H42N4O6. The summed E-state index contributed by atoms with van der Waals surface area (Å²) in [7, 11) is 0. The topological polar surface area (TPSA) is 137 Å². The highest BCUT2D eigenvalue weighted by Crippen LogP contribution is 2.32. The quantitative estimate of drug-likeness (QED) is 0.256. The average molecular weight is 627 g/mol. The summed E-state index contributed by atoms with van der Waals surface area (Å²) in [5.41, 5.74) is 0.282. The highest BCUT2D eigenvalue weighted by atomic mass is 16.7. The maximum atomic E-state index is 14.1.